The second kappa shape index (κ2) is 6.72. The summed E-state index contributed by atoms with van der Waals surface area (Å²) < 4.78 is 0. The number of amides is 1. The van der Waals surface area contributed by atoms with Crippen molar-refractivity contribution in [2.24, 2.45) is 0 Å². The quantitative estimate of drug-likeness (QED) is 0.895. The lowest BCUT2D eigenvalue weighted by Gasteiger charge is -2.29. The van der Waals surface area contributed by atoms with Crippen LogP contribution in [0.1, 0.15) is 34.3 Å². The topological polar surface area (TPSA) is 60.9 Å². The molecule has 1 N–H and O–H groups in total. The molecule has 0 saturated carbocycles. The molecular formula is C16H22N2O3. The Labute approximate surface area is 125 Å². The molecule has 1 amide bonds. The molecular weight excluding hydrogens is 268 g/mol. The van der Waals surface area contributed by atoms with Crippen LogP contribution < -0.4 is 0 Å². The Morgan fingerprint density at radius 1 is 1.29 bits per heavy atom. The number of carboxylic acid groups (broad SMARTS) is 1. The average molecular weight is 290 g/mol. The normalized spacial score (nSPS) is 14.1. The molecule has 0 unspecified atom stereocenters. The Hall–Kier alpha value is -1.88. The van der Waals surface area contributed by atoms with Gasteiger partial charge >= 0.3 is 5.97 Å². The number of rotatable bonds is 5. The van der Waals surface area contributed by atoms with Crippen molar-refractivity contribution < 1.29 is 14.7 Å². The van der Waals surface area contributed by atoms with Crippen LogP contribution >= 0.6 is 0 Å². The van der Waals surface area contributed by atoms with E-state index < -0.39 is 5.97 Å². The maximum Gasteiger partial charge on any atom is 0.335 e. The van der Waals surface area contributed by atoms with Gasteiger partial charge in [-0.15, -0.1) is 0 Å². The van der Waals surface area contributed by atoms with Crippen molar-refractivity contribution in [3.63, 3.8) is 0 Å². The molecule has 1 aliphatic rings. The van der Waals surface area contributed by atoms with Crippen LogP contribution in [0, 0.1) is 0 Å². The number of hydrogen-bond acceptors (Lipinski definition) is 3. The second-order valence-electron chi connectivity index (χ2n) is 5.76. The highest BCUT2D eigenvalue weighted by Gasteiger charge is 2.21. The van der Waals surface area contributed by atoms with E-state index in [1.807, 2.05) is 25.1 Å². The van der Waals surface area contributed by atoms with E-state index in [9.17, 15) is 9.59 Å². The molecule has 1 aromatic rings. The van der Waals surface area contributed by atoms with E-state index in [4.69, 9.17) is 5.11 Å². The van der Waals surface area contributed by atoms with Crippen molar-refractivity contribution in [3.05, 3.63) is 34.9 Å². The summed E-state index contributed by atoms with van der Waals surface area (Å²) in [6.07, 6.45) is 2.20. The molecule has 21 heavy (non-hydrogen) atoms. The fourth-order valence-corrected chi connectivity index (χ4v) is 2.61. The molecule has 114 valence electrons. The highest BCUT2D eigenvalue weighted by Crippen LogP contribution is 2.21. The summed E-state index contributed by atoms with van der Waals surface area (Å²) in [6, 6.07) is 5.19. The maximum atomic E-state index is 12.2. The minimum absolute atomic E-state index is 0.156. The minimum atomic E-state index is -0.924. The van der Waals surface area contributed by atoms with Crippen molar-refractivity contribution in [3.8, 4) is 0 Å². The van der Waals surface area contributed by atoms with Gasteiger partial charge in [0.2, 0.25) is 5.91 Å². The Balaban J connectivity index is 1.99. The molecule has 5 nitrogen and oxygen atoms in total. The van der Waals surface area contributed by atoms with E-state index in [-0.39, 0.29) is 11.5 Å². The Morgan fingerprint density at radius 3 is 2.71 bits per heavy atom. The van der Waals surface area contributed by atoms with E-state index in [1.165, 1.54) is 0 Å². The zero-order valence-electron chi connectivity index (χ0n) is 12.6. The van der Waals surface area contributed by atoms with Crippen LogP contribution in [-0.2, 0) is 17.8 Å². The summed E-state index contributed by atoms with van der Waals surface area (Å²) >= 11 is 0. The SMILES string of the molecule is CN(C)CCCC(=O)N1CCc2ccc(C(=O)O)cc2C1. The molecule has 0 radical (unpaired) electrons. The zero-order valence-corrected chi connectivity index (χ0v) is 12.6. The van der Waals surface area contributed by atoms with Crippen molar-refractivity contribution in [1.82, 2.24) is 9.80 Å². The molecule has 1 heterocycles. The van der Waals surface area contributed by atoms with E-state index >= 15 is 0 Å². The Morgan fingerprint density at radius 2 is 2.05 bits per heavy atom. The second-order valence-corrected chi connectivity index (χ2v) is 5.76. The number of carbonyl (C=O) groups is 2. The molecule has 1 aliphatic heterocycles. The van der Waals surface area contributed by atoms with Crippen LogP contribution in [0.3, 0.4) is 0 Å². The summed E-state index contributed by atoms with van der Waals surface area (Å²) in [5.41, 5.74) is 2.40. The predicted octanol–water partition coefficient (Wildman–Crippen LogP) is 1.61. The van der Waals surface area contributed by atoms with E-state index in [0.29, 0.717) is 13.0 Å². The standard InChI is InChI=1S/C16H22N2O3/c1-17(2)8-3-4-15(19)18-9-7-12-5-6-13(16(20)21)10-14(12)11-18/h5-6,10H,3-4,7-9,11H2,1-2H3,(H,20,21). The molecule has 0 bridgehead atoms. The summed E-state index contributed by atoms with van der Waals surface area (Å²) in [5.74, 6) is -0.768. The van der Waals surface area contributed by atoms with Crippen LogP contribution in [0.2, 0.25) is 0 Å². The van der Waals surface area contributed by atoms with Gasteiger partial charge < -0.3 is 14.9 Å². The van der Waals surface area contributed by atoms with Gasteiger partial charge in [-0.25, -0.2) is 4.79 Å². The lowest BCUT2D eigenvalue weighted by molar-refractivity contribution is -0.132. The maximum absolute atomic E-state index is 12.2. The first-order chi connectivity index (χ1) is 9.97. The Kier molecular flexibility index (Phi) is 4.96. The van der Waals surface area contributed by atoms with E-state index in [0.717, 1.165) is 37.1 Å². The molecule has 0 fully saturated rings. The molecule has 2 rings (SSSR count). The van der Waals surface area contributed by atoms with Crippen molar-refractivity contribution >= 4 is 11.9 Å². The van der Waals surface area contributed by atoms with E-state index in [2.05, 4.69) is 4.90 Å². The number of carbonyl (C=O) groups excluding carboxylic acids is 1. The van der Waals surface area contributed by atoms with Crippen LogP contribution in [0.15, 0.2) is 18.2 Å². The number of fused-ring (bicyclic) bond motifs is 1. The molecule has 0 aromatic heterocycles. The zero-order chi connectivity index (χ0) is 15.4. The van der Waals surface area contributed by atoms with Gasteiger partial charge in [0.05, 0.1) is 5.56 Å². The van der Waals surface area contributed by atoms with Crippen LogP contribution in [0.25, 0.3) is 0 Å². The summed E-state index contributed by atoms with van der Waals surface area (Å²) in [7, 11) is 3.99. The molecule has 0 spiro atoms. The molecule has 0 aliphatic carbocycles. The lowest BCUT2D eigenvalue weighted by Crippen LogP contribution is -2.36. The summed E-state index contributed by atoms with van der Waals surface area (Å²) in [4.78, 5) is 27.1. The number of aromatic carboxylic acids is 1. The average Bonchev–Trinajstić information content (AvgIpc) is 2.45. The van der Waals surface area contributed by atoms with Gasteiger partial charge in [0.25, 0.3) is 0 Å². The number of nitrogens with zero attached hydrogens (tertiary/aromatic N) is 2. The first-order valence-corrected chi connectivity index (χ1v) is 7.25. The first kappa shape index (κ1) is 15.5. The van der Waals surface area contributed by atoms with Crippen molar-refractivity contribution in [2.45, 2.75) is 25.8 Å². The lowest BCUT2D eigenvalue weighted by atomic mass is 9.97. The minimum Gasteiger partial charge on any atom is -0.478 e. The van der Waals surface area contributed by atoms with E-state index in [1.54, 1.807) is 12.1 Å². The largest absolute Gasteiger partial charge is 0.478 e. The smallest absolute Gasteiger partial charge is 0.335 e. The fourth-order valence-electron chi connectivity index (χ4n) is 2.61. The van der Waals surface area contributed by atoms with Crippen LogP contribution in [-0.4, -0.2) is 54.0 Å². The third-order valence-corrected chi connectivity index (χ3v) is 3.81. The summed E-state index contributed by atoms with van der Waals surface area (Å²) in [5, 5.41) is 9.04. The monoisotopic (exact) mass is 290 g/mol. The van der Waals surface area contributed by atoms with Gasteiger partial charge in [-0.3, -0.25) is 4.79 Å². The third-order valence-electron chi connectivity index (χ3n) is 3.81. The van der Waals surface area contributed by atoms with Crippen LogP contribution in [0.4, 0.5) is 0 Å². The van der Waals surface area contributed by atoms with Gasteiger partial charge in [-0.2, -0.15) is 0 Å². The number of carboxylic acids is 1. The number of benzene rings is 1. The van der Waals surface area contributed by atoms with Crippen molar-refractivity contribution in [1.29, 1.82) is 0 Å². The highest BCUT2D eigenvalue weighted by molar-refractivity contribution is 5.88. The molecule has 0 saturated heterocycles. The highest BCUT2D eigenvalue weighted by atomic mass is 16.4. The molecule has 0 atom stereocenters. The number of hydrogen-bond donors (Lipinski definition) is 1. The third kappa shape index (κ3) is 4.04. The van der Waals surface area contributed by atoms with Gasteiger partial charge in [0, 0.05) is 19.5 Å². The van der Waals surface area contributed by atoms with Gasteiger partial charge in [0.15, 0.2) is 0 Å². The molecule has 5 heteroatoms. The van der Waals surface area contributed by atoms with Crippen LogP contribution in [0.5, 0.6) is 0 Å². The first-order valence-electron chi connectivity index (χ1n) is 7.25. The van der Waals surface area contributed by atoms with Gasteiger partial charge in [-0.05, 0) is 56.7 Å². The molecule has 1 aromatic carbocycles. The summed E-state index contributed by atoms with van der Waals surface area (Å²) in [6.45, 7) is 2.15. The Bertz CT molecular complexity index is 540. The van der Waals surface area contributed by atoms with Gasteiger partial charge in [-0.1, -0.05) is 6.07 Å². The van der Waals surface area contributed by atoms with Crippen molar-refractivity contribution in [2.75, 3.05) is 27.2 Å². The predicted molar refractivity (Wildman–Crippen MR) is 80.3 cm³/mol. The fraction of sp³-hybridized carbons (Fsp3) is 0.500. The van der Waals surface area contributed by atoms with Gasteiger partial charge in [0.1, 0.15) is 0 Å².